The molecule has 3 rings (SSSR count). The first-order valence-electron chi connectivity index (χ1n) is 8.62. The number of nitrogens with one attached hydrogen (secondary N) is 1. The Hall–Kier alpha value is -2.38. The van der Waals surface area contributed by atoms with Crippen LogP contribution in [0.3, 0.4) is 0 Å². The topological polar surface area (TPSA) is 92.5 Å². The van der Waals surface area contributed by atoms with Gasteiger partial charge in [0.25, 0.3) is 0 Å². The zero-order valence-corrected chi connectivity index (χ0v) is 15.6. The molecule has 0 saturated carbocycles. The van der Waals surface area contributed by atoms with Crippen LogP contribution in [0.4, 0.5) is 11.4 Å². The molecule has 2 aromatic carbocycles. The Morgan fingerprint density at radius 1 is 1.19 bits per heavy atom. The predicted molar refractivity (Wildman–Crippen MR) is 103 cm³/mol. The number of nitrogen functional groups attached to an aromatic ring is 1. The molecule has 1 aliphatic rings. The lowest BCUT2D eigenvalue weighted by Gasteiger charge is -2.29. The van der Waals surface area contributed by atoms with Crippen LogP contribution >= 0.6 is 0 Å². The van der Waals surface area contributed by atoms with Crippen molar-refractivity contribution in [3.63, 3.8) is 0 Å². The van der Waals surface area contributed by atoms with Crippen LogP contribution in [-0.2, 0) is 27.7 Å². The second kappa shape index (κ2) is 7.47. The minimum atomic E-state index is -3.63. The number of carbonyl (C=O) groups excluding carboxylic acids is 1. The van der Waals surface area contributed by atoms with Crippen LogP contribution in [-0.4, -0.2) is 27.4 Å². The maximum Gasteiger partial charge on any atom is 0.240 e. The van der Waals surface area contributed by atoms with E-state index in [-0.39, 0.29) is 10.8 Å². The minimum absolute atomic E-state index is 0.0724. The summed E-state index contributed by atoms with van der Waals surface area (Å²) < 4.78 is 27.8. The zero-order valence-electron chi connectivity index (χ0n) is 14.7. The molecule has 0 radical (unpaired) electrons. The van der Waals surface area contributed by atoms with Gasteiger partial charge in [0.2, 0.25) is 15.9 Å². The van der Waals surface area contributed by atoms with Crippen LogP contribution in [0.1, 0.15) is 24.5 Å². The second-order valence-corrected chi connectivity index (χ2v) is 8.22. The van der Waals surface area contributed by atoms with Gasteiger partial charge in [0.05, 0.1) is 4.90 Å². The maximum absolute atomic E-state index is 12.6. The van der Waals surface area contributed by atoms with E-state index in [4.69, 9.17) is 5.73 Å². The van der Waals surface area contributed by atoms with Crippen LogP contribution in [0, 0.1) is 0 Å². The second-order valence-electron chi connectivity index (χ2n) is 6.45. The average molecular weight is 373 g/mol. The van der Waals surface area contributed by atoms with Crippen molar-refractivity contribution in [3.8, 4) is 0 Å². The van der Waals surface area contributed by atoms with Gasteiger partial charge in [-0.1, -0.05) is 18.2 Å². The third-order valence-corrected chi connectivity index (χ3v) is 6.01. The molecule has 26 heavy (non-hydrogen) atoms. The van der Waals surface area contributed by atoms with E-state index in [9.17, 15) is 13.2 Å². The first kappa shape index (κ1) is 18.4. The van der Waals surface area contributed by atoms with Gasteiger partial charge in [0.1, 0.15) is 0 Å². The molecule has 1 amide bonds. The van der Waals surface area contributed by atoms with E-state index >= 15 is 0 Å². The van der Waals surface area contributed by atoms with Gasteiger partial charge in [-0.05, 0) is 54.7 Å². The highest BCUT2D eigenvalue weighted by Crippen LogP contribution is 2.29. The Balaban J connectivity index is 1.74. The Kier molecular flexibility index (Phi) is 5.29. The molecule has 2 aromatic rings. The fourth-order valence-corrected chi connectivity index (χ4v) is 4.20. The van der Waals surface area contributed by atoms with E-state index in [1.165, 1.54) is 6.92 Å². The van der Waals surface area contributed by atoms with Crippen molar-refractivity contribution in [2.75, 3.05) is 23.7 Å². The van der Waals surface area contributed by atoms with Crippen molar-refractivity contribution in [2.24, 2.45) is 0 Å². The molecule has 0 unspecified atom stereocenters. The number of carbonyl (C=O) groups is 1. The first-order valence-corrected chi connectivity index (χ1v) is 10.1. The summed E-state index contributed by atoms with van der Waals surface area (Å²) in [5.74, 6) is -0.0724. The molecule has 0 saturated heterocycles. The number of hydrogen-bond donors (Lipinski definition) is 2. The van der Waals surface area contributed by atoms with Gasteiger partial charge >= 0.3 is 0 Å². The van der Waals surface area contributed by atoms with Crippen molar-refractivity contribution in [1.29, 1.82) is 0 Å². The van der Waals surface area contributed by atoms with E-state index in [0.29, 0.717) is 30.9 Å². The SMILES string of the molecule is CC(=O)N1CCCc2ccc(S(=O)(=O)NCCc3ccc(N)cc3)cc21. The number of sulfonamides is 1. The quantitative estimate of drug-likeness (QED) is 0.785. The number of fused-ring (bicyclic) bond motifs is 1. The van der Waals surface area contributed by atoms with Gasteiger partial charge in [-0.25, -0.2) is 13.1 Å². The number of anilines is 2. The number of amides is 1. The lowest BCUT2D eigenvalue weighted by atomic mass is 10.0. The highest BCUT2D eigenvalue weighted by molar-refractivity contribution is 7.89. The molecule has 0 atom stereocenters. The zero-order chi connectivity index (χ0) is 18.7. The number of nitrogens with zero attached hydrogens (tertiary/aromatic N) is 1. The molecule has 6 nitrogen and oxygen atoms in total. The summed E-state index contributed by atoms with van der Waals surface area (Å²) in [7, 11) is -3.63. The van der Waals surface area contributed by atoms with Gasteiger partial charge in [-0.15, -0.1) is 0 Å². The van der Waals surface area contributed by atoms with Gasteiger partial charge in [-0.2, -0.15) is 0 Å². The molecule has 1 aliphatic heterocycles. The van der Waals surface area contributed by atoms with Crippen LogP contribution in [0.15, 0.2) is 47.4 Å². The van der Waals surface area contributed by atoms with Crippen molar-refractivity contribution >= 4 is 27.3 Å². The van der Waals surface area contributed by atoms with Crippen molar-refractivity contribution in [1.82, 2.24) is 4.72 Å². The Morgan fingerprint density at radius 3 is 2.62 bits per heavy atom. The fourth-order valence-electron chi connectivity index (χ4n) is 3.15. The summed E-state index contributed by atoms with van der Waals surface area (Å²) in [5.41, 5.74) is 9.04. The minimum Gasteiger partial charge on any atom is -0.399 e. The van der Waals surface area contributed by atoms with Crippen LogP contribution < -0.4 is 15.4 Å². The Bertz CT molecular complexity index is 908. The molecule has 0 aromatic heterocycles. The summed E-state index contributed by atoms with van der Waals surface area (Å²) in [6.07, 6.45) is 2.31. The fraction of sp³-hybridized carbons (Fsp3) is 0.316. The van der Waals surface area contributed by atoms with E-state index in [1.54, 1.807) is 35.2 Å². The van der Waals surface area contributed by atoms with Gasteiger partial charge in [-0.3, -0.25) is 4.79 Å². The maximum atomic E-state index is 12.6. The molecule has 0 aliphatic carbocycles. The monoisotopic (exact) mass is 373 g/mol. The molecule has 0 bridgehead atoms. The smallest absolute Gasteiger partial charge is 0.240 e. The average Bonchev–Trinajstić information content (AvgIpc) is 2.62. The summed E-state index contributed by atoms with van der Waals surface area (Å²) >= 11 is 0. The Labute approximate surface area is 154 Å². The molecule has 0 fully saturated rings. The van der Waals surface area contributed by atoms with E-state index in [1.807, 2.05) is 12.1 Å². The molecule has 138 valence electrons. The third-order valence-electron chi connectivity index (χ3n) is 4.55. The van der Waals surface area contributed by atoms with Gasteiger partial charge in [0.15, 0.2) is 0 Å². The summed E-state index contributed by atoms with van der Waals surface area (Å²) in [6, 6.07) is 12.4. The van der Waals surface area contributed by atoms with Crippen LogP contribution in [0.5, 0.6) is 0 Å². The standard InChI is InChI=1S/C19H23N3O3S/c1-14(23)22-12-2-3-16-6-9-18(13-19(16)22)26(24,25)21-11-10-15-4-7-17(20)8-5-15/h4-9,13,21H,2-3,10-12,20H2,1H3. The molecular weight excluding hydrogens is 350 g/mol. The number of nitrogens with two attached hydrogens (primary N) is 1. The van der Waals surface area contributed by atoms with E-state index < -0.39 is 10.0 Å². The summed E-state index contributed by atoms with van der Waals surface area (Å²) in [4.78, 5) is 13.7. The van der Waals surface area contributed by atoms with Crippen molar-refractivity contribution in [2.45, 2.75) is 31.1 Å². The summed E-state index contributed by atoms with van der Waals surface area (Å²) in [6.45, 7) is 2.41. The molecular formula is C19H23N3O3S. The largest absolute Gasteiger partial charge is 0.399 e. The van der Waals surface area contributed by atoms with E-state index in [0.717, 1.165) is 24.0 Å². The highest BCUT2D eigenvalue weighted by atomic mass is 32.2. The number of benzene rings is 2. The third kappa shape index (κ3) is 4.05. The number of hydrogen-bond acceptors (Lipinski definition) is 4. The lowest BCUT2D eigenvalue weighted by molar-refractivity contribution is -0.116. The summed E-state index contributed by atoms with van der Waals surface area (Å²) in [5, 5.41) is 0. The molecule has 1 heterocycles. The highest BCUT2D eigenvalue weighted by Gasteiger charge is 2.23. The number of rotatable bonds is 5. The van der Waals surface area contributed by atoms with Gasteiger partial charge < -0.3 is 10.6 Å². The van der Waals surface area contributed by atoms with E-state index in [2.05, 4.69) is 4.72 Å². The van der Waals surface area contributed by atoms with Crippen molar-refractivity contribution in [3.05, 3.63) is 53.6 Å². The molecule has 7 heteroatoms. The number of aryl methyl sites for hydroxylation is 1. The molecule has 3 N–H and O–H groups in total. The Morgan fingerprint density at radius 2 is 1.92 bits per heavy atom. The predicted octanol–water partition coefficient (Wildman–Crippen LogP) is 2.09. The first-order chi connectivity index (χ1) is 12.4. The normalized spacial score (nSPS) is 14.1. The van der Waals surface area contributed by atoms with Crippen LogP contribution in [0.2, 0.25) is 0 Å². The van der Waals surface area contributed by atoms with Gasteiger partial charge in [0, 0.05) is 31.4 Å². The molecule has 0 spiro atoms. The van der Waals surface area contributed by atoms with Crippen LogP contribution in [0.25, 0.3) is 0 Å². The lowest BCUT2D eigenvalue weighted by Crippen LogP contribution is -2.34. The van der Waals surface area contributed by atoms with Crippen molar-refractivity contribution < 1.29 is 13.2 Å².